The number of likely N-dealkylation sites (tertiary alicyclic amines) is 1. The van der Waals surface area contributed by atoms with Crippen molar-refractivity contribution in [2.24, 2.45) is 5.92 Å². The van der Waals surface area contributed by atoms with E-state index in [0.717, 1.165) is 70.6 Å². The summed E-state index contributed by atoms with van der Waals surface area (Å²) in [5, 5.41) is 2.31. The molecule has 1 unspecified atom stereocenters. The number of hydrogen-bond acceptors (Lipinski definition) is 7. The number of nitrogens with zero attached hydrogens (tertiary/aromatic N) is 4. The maximum Gasteiger partial charge on any atom is 0.410 e. The predicted octanol–water partition coefficient (Wildman–Crippen LogP) is 2.75. The van der Waals surface area contributed by atoms with Crippen LogP contribution in [-0.2, 0) is 20.9 Å². The molecule has 4 aliphatic heterocycles. The van der Waals surface area contributed by atoms with Gasteiger partial charge in [0.2, 0.25) is 11.8 Å². The van der Waals surface area contributed by atoms with Crippen molar-refractivity contribution in [1.29, 1.82) is 0 Å². The number of anilines is 1. The van der Waals surface area contributed by atoms with Gasteiger partial charge in [0.15, 0.2) is 0 Å². The number of halogens is 1. The Bertz CT molecular complexity index is 1170. The molecular formula is C29H40FN5O5. The lowest BCUT2D eigenvalue weighted by molar-refractivity contribution is -0.136. The van der Waals surface area contributed by atoms with Gasteiger partial charge in [0.25, 0.3) is 5.91 Å². The highest BCUT2D eigenvalue weighted by Crippen LogP contribution is 2.35. The average Bonchev–Trinajstić information content (AvgIpc) is 3.22. The van der Waals surface area contributed by atoms with Gasteiger partial charge in [-0.25, -0.2) is 9.18 Å². The number of nitrogens with one attached hydrogen (secondary N) is 1. The fraction of sp³-hybridized carbons (Fsp3) is 0.655. The molecule has 1 N–H and O–H groups in total. The highest BCUT2D eigenvalue weighted by atomic mass is 19.1. The van der Waals surface area contributed by atoms with E-state index in [0.29, 0.717) is 17.2 Å². The van der Waals surface area contributed by atoms with E-state index >= 15 is 0 Å². The summed E-state index contributed by atoms with van der Waals surface area (Å²) >= 11 is 0. The second-order valence-corrected chi connectivity index (χ2v) is 12.4. The van der Waals surface area contributed by atoms with Crippen molar-refractivity contribution in [3.8, 4) is 0 Å². The van der Waals surface area contributed by atoms with Gasteiger partial charge < -0.3 is 19.4 Å². The molecule has 11 heteroatoms. The van der Waals surface area contributed by atoms with Crippen molar-refractivity contribution in [3.05, 3.63) is 29.1 Å². The zero-order valence-electron chi connectivity index (χ0n) is 23.7. The van der Waals surface area contributed by atoms with Crippen LogP contribution >= 0.6 is 0 Å². The van der Waals surface area contributed by atoms with Crippen LogP contribution in [0.4, 0.5) is 14.9 Å². The van der Waals surface area contributed by atoms with E-state index in [1.807, 2.05) is 25.7 Å². The molecule has 0 bridgehead atoms. The molecule has 40 heavy (non-hydrogen) atoms. The van der Waals surface area contributed by atoms with E-state index in [9.17, 15) is 23.6 Å². The molecule has 4 heterocycles. The lowest BCUT2D eigenvalue weighted by Gasteiger charge is -2.38. The van der Waals surface area contributed by atoms with E-state index < -0.39 is 23.4 Å². The summed E-state index contributed by atoms with van der Waals surface area (Å²) in [7, 11) is 0. The van der Waals surface area contributed by atoms with Gasteiger partial charge in [-0.05, 0) is 71.0 Å². The molecule has 1 atom stereocenters. The van der Waals surface area contributed by atoms with Gasteiger partial charge in [-0.15, -0.1) is 0 Å². The van der Waals surface area contributed by atoms with Crippen molar-refractivity contribution in [3.63, 3.8) is 0 Å². The second kappa shape index (κ2) is 11.3. The molecule has 10 nitrogen and oxygen atoms in total. The molecule has 0 radical (unpaired) electrons. The number of rotatable bonds is 5. The van der Waals surface area contributed by atoms with Gasteiger partial charge in [-0.1, -0.05) is 0 Å². The molecule has 1 aromatic rings. The highest BCUT2D eigenvalue weighted by Gasteiger charge is 2.41. The van der Waals surface area contributed by atoms with Crippen LogP contribution in [0.25, 0.3) is 0 Å². The standard InChI is InChI=1S/C29H40FN5O5/c1-29(2,3)40-28(39)34-10-7-19(8-11-34)6-9-32-12-14-33(15-13-32)24-17-20(30)16-21-22(24)18-35(27(21)38)23-4-5-25(36)31-26(23)37/h16-17,19,23H,4-15,18H2,1-3H3,(H,31,36,37). The molecular weight excluding hydrogens is 517 g/mol. The van der Waals surface area contributed by atoms with Crippen molar-refractivity contribution in [1.82, 2.24) is 20.0 Å². The Morgan fingerprint density at radius 2 is 1.73 bits per heavy atom. The van der Waals surface area contributed by atoms with E-state index in [2.05, 4.69) is 15.1 Å². The first-order chi connectivity index (χ1) is 19.0. The van der Waals surface area contributed by atoms with Crippen LogP contribution < -0.4 is 10.2 Å². The number of fused-ring (bicyclic) bond motifs is 1. The number of carbonyl (C=O) groups excluding carboxylic acids is 4. The maximum absolute atomic E-state index is 14.6. The van der Waals surface area contributed by atoms with Crippen molar-refractivity contribution in [2.45, 2.75) is 71.1 Å². The molecule has 0 aliphatic carbocycles. The Labute approximate surface area is 234 Å². The van der Waals surface area contributed by atoms with Gasteiger partial charge in [-0.2, -0.15) is 0 Å². The minimum absolute atomic E-state index is 0.183. The molecule has 1 aromatic carbocycles. The maximum atomic E-state index is 14.6. The smallest absolute Gasteiger partial charge is 0.410 e. The van der Waals surface area contributed by atoms with Gasteiger partial charge in [0, 0.05) is 69.0 Å². The quantitative estimate of drug-likeness (QED) is 0.556. The average molecular weight is 558 g/mol. The van der Waals surface area contributed by atoms with Gasteiger partial charge in [0.05, 0.1) is 0 Å². The summed E-state index contributed by atoms with van der Waals surface area (Å²) in [4.78, 5) is 57.3. The van der Waals surface area contributed by atoms with Crippen LogP contribution in [0, 0.1) is 11.7 Å². The van der Waals surface area contributed by atoms with Crippen LogP contribution in [0.5, 0.6) is 0 Å². The minimum Gasteiger partial charge on any atom is -0.444 e. The number of carbonyl (C=O) groups is 4. The van der Waals surface area contributed by atoms with Crippen molar-refractivity contribution >= 4 is 29.5 Å². The third-order valence-corrected chi connectivity index (χ3v) is 8.43. The van der Waals surface area contributed by atoms with Crippen LogP contribution in [0.15, 0.2) is 12.1 Å². The first kappa shape index (κ1) is 28.3. The summed E-state index contributed by atoms with van der Waals surface area (Å²) in [6.45, 7) is 11.4. The zero-order valence-corrected chi connectivity index (χ0v) is 23.7. The molecule has 0 spiro atoms. The van der Waals surface area contributed by atoms with Crippen LogP contribution in [0.3, 0.4) is 0 Å². The van der Waals surface area contributed by atoms with Gasteiger partial charge in [0.1, 0.15) is 17.5 Å². The molecule has 5 rings (SSSR count). The second-order valence-electron chi connectivity index (χ2n) is 12.4. The van der Waals surface area contributed by atoms with Crippen LogP contribution in [0.2, 0.25) is 0 Å². The molecule has 4 amide bonds. The van der Waals surface area contributed by atoms with E-state index in [1.54, 1.807) is 0 Å². The number of amides is 4. The Morgan fingerprint density at radius 3 is 2.38 bits per heavy atom. The Balaban J connectivity index is 1.13. The number of hydrogen-bond donors (Lipinski definition) is 1. The number of piperazine rings is 1. The monoisotopic (exact) mass is 557 g/mol. The summed E-state index contributed by atoms with van der Waals surface area (Å²) in [6, 6.07) is 2.03. The van der Waals surface area contributed by atoms with Gasteiger partial charge >= 0.3 is 6.09 Å². The predicted molar refractivity (Wildman–Crippen MR) is 146 cm³/mol. The summed E-state index contributed by atoms with van der Waals surface area (Å²) in [5.74, 6) is -1.05. The molecule has 0 aromatic heterocycles. The summed E-state index contributed by atoms with van der Waals surface area (Å²) < 4.78 is 20.1. The van der Waals surface area contributed by atoms with Gasteiger partial charge in [-0.3, -0.25) is 24.6 Å². The number of benzene rings is 1. The summed E-state index contributed by atoms with van der Waals surface area (Å²) in [5.41, 5.74) is 1.29. The van der Waals surface area contributed by atoms with E-state index in [4.69, 9.17) is 4.74 Å². The van der Waals surface area contributed by atoms with Crippen molar-refractivity contribution < 1.29 is 28.3 Å². The highest BCUT2D eigenvalue weighted by molar-refractivity contribution is 6.06. The zero-order chi connectivity index (χ0) is 28.6. The first-order valence-electron chi connectivity index (χ1n) is 14.4. The normalized spacial score (nSPS) is 22.9. The molecule has 4 aliphatic rings. The number of piperidine rings is 2. The van der Waals surface area contributed by atoms with E-state index in [-0.39, 0.29) is 37.3 Å². The molecule has 218 valence electrons. The lowest BCUT2D eigenvalue weighted by Crippen LogP contribution is -2.52. The Hall–Kier alpha value is -3.21. The minimum atomic E-state index is -0.721. The Kier molecular flexibility index (Phi) is 8.03. The largest absolute Gasteiger partial charge is 0.444 e. The van der Waals surface area contributed by atoms with Crippen molar-refractivity contribution in [2.75, 3.05) is 50.7 Å². The molecule has 3 saturated heterocycles. The van der Waals surface area contributed by atoms with E-state index in [1.165, 1.54) is 17.0 Å². The number of ether oxygens (including phenoxy) is 1. The fourth-order valence-electron chi connectivity index (χ4n) is 6.20. The summed E-state index contributed by atoms with van der Waals surface area (Å²) in [6.07, 6.45) is 3.27. The third kappa shape index (κ3) is 6.24. The Morgan fingerprint density at radius 1 is 1.02 bits per heavy atom. The van der Waals surface area contributed by atoms with Crippen LogP contribution in [-0.4, -0.2) is 96.0 Å². The topological polar surface area (TPSA) is 102 Å². The fourth-order valence-corrected chi connectivity index (χ4v) is 6.20. The first-order valence-corrected chi connectivity index (χ1v) is 14.4. The van der Waals surface area contributed by atoms with Crippen LogP contribution in [0.1, 0.15) is 68.8 Å². The third-order valence-electron chi connectivity index (χ3n) is 8.43. The SMILES string of the molecule is CC(C)(C)OC(=O)N1CCC(CCN2CCN(c3cc(F)cc4c3CN(C3CCC(=O)NC3=O)C4=O)CC2)CC1. The number of imide groups is 1. The molecule has 0 saturated carbocycles. The molecule has 3 fully saturated rings. The lowest BCUT2D eigenvalue weighted by atomic mass is 9.93.